The highest BCUT2D eigenvalue weighted by Crippen LogP contribution is 2.28. The zero-order chi connectivity index (χ0) is 27.1. The van der Waals surface area contributed by atoms with Crippen LogP contribution in [0, 0.1) is 0 Å². The van der Waals surface area contributed by atoms with Crippen molar-refractivity contribution in [2.24, 2.45) is 0 Å². The third kappa shape index (κ3) is 6.49. The fourth-order valence-electron chi connectivity index (χ4n) is 5.17. The largest absolute Gasteiger partial charge is 0.481 e. The lowest BCUT2D eigenvalue weighted by molar-refractivity contribution is -0.187. The van der Waals surface area contributed by atoms with E-state index in [1.54, 1.807) is 17.0 Å². The predicted molar refractivity (Wildman–Crippen MR) is 140 cm³/mol. The molecular weight excluding hydrogens is 486 g/mol. The van der Waals surface area contributed by atoms with Gasteiger partial charge in [0.05, 0.1) is 13.1 Å². The van der Waals surface area contributed by atoms with Crippen molar-refractivity contribution in [1.29, 1.82) is 0 Å². The van der Waals surface area contributed by atoms with Crippen LogP contribution < -0.4 is 5.32 Å². The Morgan fingerprint density at radius 3 is 2.29 bits per heavy atom. The van der Waals surface area contributed by atoms with Gasteiger partial charge in [-0.2, -0.15) is 0 Å². The van der Waals surface area contributed by atoms with Gasteiger partial charge in [0.1, 0.15) is 12.2 Å². The number of unbranched alkanes of at least 4 members (excludes halogenated alkanes) is 1. The number of aliphatic carboxylic acids is 1. The number of carbonyl (C=O) groups is 4. The van der Waals surface area contributed by atoms with Gasteiger partial charge in [-0.15, -0.1) is 0 Å². The molecule has 0 aliphatic carbocycles. The van der Waals surface area contributed by atoms with Gasteiger partial charge in [-0.25, -0.2) is 14.8 Å². The molecule has 38 heavy (non-hydrogen) atoms. The van der Waals surface area contributed by atoms with Gasteiger partial charge in [0.25, 0.3) is 0 Å². The van der Waals surface area contributed by atoms with Gasteiger partial charge in [0.15, 0.2) is 0 Å². The molecule has 10 heteroatoms. The third-order valence-electron chi connectivity index (χ3n) is 7.05. The highest BCUT2D eigenvalue weighted by atomic mass is 16.4. The second-order valence-corrected chi connectivity index (χ2v) is 9.76. The van der Waals surface area contributed by atoms with Crippen molar-refractivity contribution < 1.29 is 24.3 Å². The number of hydrazine groups is 1. The smallest absolute Gasteiger partial charge is 0.334 e. The van der Waals surface area contributed by atoms with E-state index >= 15 is 0 Å². The van der Waals surface area contributed by atoms with E-state index in [0.29, 0.717) is 13.1 Å². The monoisotopic (exact) mass is 521 g/mol. The lowest BCUT2D eigenvalue weighted by atomic mass is 10.0. The molecule has 2 atom stereocenters. The van der Waals surface area contributed by atoms with Gasteiger partial charge in [0, 0.05) is 26.6 Å². The normalized spacial score (nSPS) is 19.9. The van der Waals surface area contributed by atoms with Crippen LogP contribution in [0.15, 0.2) is 60.7 Å². The Hall–Kier alpha value is -3.92. The molecule has 0 radical (unpaired) electrons. The lowest BCUT2D eigenvalue weighted by Gasteiger charge is -2.54. The highest BCUT2D eigenvalue weighted by molar-refractivity contribution is 5.91. The van der Waals surface area contributed by atoms with Crippen LogP contribution in [0.2, 0.25) is 0 Å². The molecule has 4 amide bonds. The molecule has 0 saturated carbocycles. The zero-order valence-electron chi connectivity index (χ0n) is 21.7. The predicted octanol–water partition coefficient (Wildman–Crippen LogP) is 2.31. The van der Waals surface area contributed by atoms with Gasteiger partial charge in [0.2, 0.25) is 11.8 Å². The summed E-state index contributed by atoms with van der Waals surface area (Å²) < 4.78 is 0. The number of rotatable bonds is 10. The maximum absolute atomic E-state index is 13.5. The minimum Gasteiger partial charge on any atom is -0.481 e. The number of carbonyl (C=O) groups excluding carboxylic acids is 3. The number of nitrogens with one attached hydrogen (secondary N) is 1. The number of nitrogens with zero attached hydrogens (tertiary/aromatic N) is 4. The van der Waals surface area contributed by atoms with Gasteiger partial charge < -0.3 is 20.2 Å². The van der Waals surface area contributed by atoms with Crippen LogP contribution in [0.1, 0.15) is 36.8 Å². The van der Waals surface area contributed by atoms with Crippen molar-refractivity contribution in [3.8, 4) is 0 Å². The van der Waals surface area contributed by atoms with Crippen molar-refractivity contribution in [3.05, 3.63) is 71.8 Å². The number of amides is 4. The molecule has 10 nitrogen and oxygen atoms in total. The Kier molecular flexibility index (Phi) is 8.96. The summed E-state index contributed by atoms with van der Waals surface area (Å²) >= 11 is 0. The minimum atomic E-state index is -1.03. The lowest BCUT2D eigenvalue weighted by Crippen LogP contribution is -2.76. The number of aryl methyl sites for hydroxylation is 1. The first-order valence-electron chi connectivity index (χ1n) is 13.0. The average Bonchev–Trinajstić information content (AvgIpc) is 2.91. The standard InChI is InChI=1S/C28H35N5O5/c1-30-20-25(34)32-23(15-16-26(35)36)27(37)31(17-9-8-12-21-10-4-2-5-11-21)19-24(32)33(30)28(38)29-18-22-13-6-3-7-14-22/h2-7,10-11,13-14,23-24H,8-9,12,15-20H2,1H3,(H,29,38)(H,35,36)/t23-,24?/m0/s1. The van der Waals surface area contributed by atoms with Crippen LogP contribution in [-0.2, 0) is 27.3 Å². The van der Waals surface area contributed by atoms with Crippen molar-refractivity contribution in [2.75, 3.05) is 26.7 Å². The molecule has 2 heterocycles. The molecule has 2 N–H and O–H groups in total. The first-order chi connectivity index (χ1) is 18.3. The summed E-state index contributed by atoms with van der Waals surface area (Å²) in [4.78, 5) is 54.4. The van der Waals surface area contributed by atoms with E-state index in [2.05, 4.69) is 17.4 Å². The fraction of sp³-hybridized carbons (Fsp3) is 0.429. The number of likely N-dealkylation sites (N-methyl/N-ethyl adjacent to an activating group) is 1. The molecule has 0 aromatic heterocycles. The number of urea groups is 1. The molecule has 202 valence electrons. The molecule has 2 aromatic rings. The van der Waals surface area contributed by atoms with Gasteiger partial charge in [-0.1, -0.05) is 60.7 Å². The molecule has 1 unspecified atom stereocenters. The Balaban J connectivity index is 1.49. The summed E-state index contributed by atoms with van der Waals surface area (Å²) in [5.41, 5.74) is 2.16. The maximum Gasteiger partial charge on any atom is 0.334 e. The number of hydrogen-bond acceptors (Lipinski definition) is 5. The van der Waals surface area contributed by atoms with E-state index in [0.717, 1.165) is 24.8 Å². The van der Waals surface area contributed by atoms with Crippen LogP contribution in [-0.4, -0.2) is 87.6 Å². The number of fused-ring (bicyclic) bond motifs is 1. The van der Waals surface area contributed by atoms with Gasteiger partial charge in [-0.05, 0) is 36.8 Å². The van der Waals surface area contributed by atoms with E-state index < -0.39 is 18.2 Å². The van der Waals surface area contributed by atoms with Crippen molar-refractivity contribution in [3.63, 3.8) is 0 Å². The summed E-state index contributed by atoms with van der Waals surface area (Å²) in [6, 6.07) is 18.3. The summed E-state index contributed by atoms with van der Waals surface area (Å²) in [5.74, 6) is -1.59. The van der Waals surface area contributed by atoms with Crippen LogP contribution in [0.4, 0.5) is 4.79 Å². The fourth-order valence-corrected chi connectivity index (χ4v) is 5.17. The molecular formula is C28H35N5O5. The topological polar surface area (TPSA) is 114 Å². The number of carboxylic acid groups (broad SMARTS) is 1. The molecule has 0 spiro atoms. The molecule has 0 bridgehead atoms. The molecule has 4 rings (SSSR count). The number of carboxylic acids is 1. The van der Waals surface area contributed by atoms with E-state index in [4.69, 9.17) is 0 Å². The Morgan fingerprint density at radius 1 is 0.974 bits per heavy atom. The quantitative estimate of drug-likeness (QED) is 0.464. The molecule has 2 aliphatic rings. The summed E-state index contributed by atoms with van der Waals surface area (Å²) in [5, 5.41) is 15.3. The average molecular weight is 522 g/mol. The van der Waals surface area contributed by atoms with E-state index in [1.165, 1.54) is 15.5 Å². The van der Waals surface area contributed by atoms with Crippen LogP contribution in [0.5, 0.6) is 0 Å². The van der Waals surface area contributed by atoms with Crippen molar-refractivity contribution >= 4 is 23.8 Å². The Labute approximate surface area is 222 Å². The third-order valence-corrected chi connectivity index (χ3v) is 7.05. The van der Waals surface area contributed by atoms with Gasteiger partial charge in [-0.3, -0.25) is 14.4 Å². The number of hydrogen-bond donors (Lipinski definition) is 2. The molecule has 2 fully saturated rings. The molecule has 2 aliphatic heterocycles. The second kappa shape index (κ2) is 12.6. The van der Waals surface area contributed by atoms with Crippen LogP contribution in [0.3, 0.4) is 0 Å². The van der Waals surface area contributed by atoms with E-state index in [-0.39, 0.29) is 43.8 Å². The maximum atomic E-state index is 13.5. The van der Waals surface area contributed by atoms with Crippen molar-refractivity contribution in [2.45, 2.75) is 50.9 Å². The second-order valence-electron chi connectivity index (χ2n) is 9.76. The minimum absolute atomic E-state index is 0.000110. The van der Waals surface area contributed by atoms with Crippen LogP contribution in [0.25, 0.3) is 0 Å². The SMILES string of the molecule is CN1CC(=O)N2C(CN(CCCCc3ccccc3)C(=O)[C@@H]2CCC(=O)O)N1C(=O)NCc1ccccc1. The first-order valence-corrected chi connectivity index (χ1v) is 13.0. The Morgan fingerprint density at radius 2 is 1.63 bits per heavy atom. The number of benzene rings is 2. The first kappa shape index (κ1) is 27.1. The van der Waals surface area contributed by atoms with E-state index in [1.807, 2.05) is 48.5 Å². The molecule has 2 aromatic carbocycles. The summed E-state index contributed by atoms with van der Waals surface area (Å²) in [7, 11) is 1.67. The number of piperazine rings is 1. The van der Waals surface area contributed by atoms with E-state index in [9.17, 15) is 24.3 Å². The zero-order valence-corrected chi connectivity index (χ0v) is 21.7. The summed E-state index contributed by atoms with van der Waals surface area (Å²) in [6.07, 6.45) is 1.55. The highest BCUT2D eigenvalue weighted by Gasteiger charge is 2.50. The Bertz CT molecular complexity index is 1130. The molecule has 2 saturated heterocycles. The van der Waals surface area contributed by atoms with Crippen LogP contribution >= 0.6 is 0 Å². The summed E-state index contributed by atoms with van der Waals surface area (Å²) in [6.45, 7) is 0.873. The van der Waals surface area contributed by atoms with Crippen molar-refractivity contribution in [1.82, 2.24) is 25.1 Å². The van der Waals surface area contributed by atoms with Gasteiger partial charge >= 0.3 is 12.0 Å².